The molecule has 1 N–H and O–H groups in total. The Morgan fingerprint density at radius 1 is 1.15 bits per heavy atom. The molecule has 1 amide bonds. The highest BCUT2D eigenvalue weighted by Crippen LogP contribution is 2.38. The van der Waals surface area contributed by atoms with Crippen LogP contribution in [0.4, 0.5) is 5.00 Å². The molecule has 0 bridgehead atoms. The predicted molar refractivity (Wildman–Crippen MR) is 110 cm³/mol. The largest absolute Gasteiger partial charge is 0.465 e. The Balaban J connectivity index is 1.75. The second kappa shape index (κ2) is 8.53. The molecule has 5 heteroatoms. The maximum atomic E-state index is 12.4. The highest BCUT2D eigenvalue weighted by Gasteiger charge is 2.26. The van der Waals surface area contributed by atoms with Crippen molar-refractivity contribution >= 4 is 34.3 Å². The van der Waals surface area contributed by atoms with Gasteiger partial charge in [0.25, 0.3) is 0 Å². The minimum absolute atomic E-state index is 0.244. The van der Waals surface area contributed by atoms with Crippen molar-refractivity contribution in [3.8, 4) is 0 Å². The van der Waals surface area contributed by atoms with Crippen molar-refractivity contribution in [2.45, 2.75) is 45.4 Å². The number of rotatable bonds is 5. The monoisotopic (exact) mass is 383 g/mol. The maximum absolute atomic E-state index is 12.4. The number of hydrogen-bond acceptors (Lipinski definition) is 4. The van der Waals surface area contributed by atoms with Gasteiger partial charge in [-0.2, -0.15) is 0 Å². The van der Waals surface area contributed by atoms with Crippen LogP contribution in [0.5, 0.6) is 0 Å². The summed E-state index contributed by atoms with van der Waals surface area (Å²) in [5, 5.41) is 3.47. The molecule has 0 atom stereocenters. The minimum Gasteiger partial charge on any atom is -0.465 e. The van der Waals surface area contributed by atoms with Crippen molar-refractivity contribution in [2.24, 2.45) is 0 Å². The summed E-state index contributed by atoms with van der Waals surface area (Å²) in [4.78, 5) is 25.8. The fourth-order valence-electron chi connectivity index (χ4n) is 3.29. The molecule has 4 nitrogen and oxygen atoms in total. The Morgan fingerprint density at radius 2 is 1.85 bits per heavy atom. The first-order valence-corrected chi connectivity index (χ1v) is 10.1. The second-order valence-electron chi connectivity index (χ2n) is 7.05. The van der Waals surface area contributed by atoms with E-state index in [1.54, 1.807) is 6.08 Å². The van der Waals surface area contributed by atoms with Gasteiger partial charge >= 0.3 is 5.97 Å². The van der Waals surface area contributed by atoms with E-state index in [1.807, 2.05) is 12.1 Å². The molecule has 0 radical (unpaired) electrons. The summed E-state index contributed by atoms with van der Waals surface area (Å²) in [5.74, 6) is -0.141. The average molecular weight is 384 g/mol. The normalized spacial score (nSPS) is 13.6. The summed E-state index contributed by atoms with van der Waals surface area (Å²) in [6.07, 6.45) is 7.29. The number of fused-ring (bicyclic) bond motifs is 1. The highest BCUT2D eigenvalue weighted by atomic mass is 32.1. The fourth-order valence-corrected chi connectivity index (χ4v) is 4.57. The summed E-state index contributed by atoms with van der Waals surface area (Å²) in [7, 11) is 1.38. The lowest BCUT2D eigenvalue weighted by Crippen LogP contribution is -2.13. The third-order valence-corrected chi connectivity index (χ3v) is 6.04. The van der Waals surface area contributed by atoms with Crippen molar-refractivity contribution in [1.82, 2.24) is 0 Å². The van der Waals surface area contributed by atoms with E-state index < -0.39 is 0 Å². The maximum Gasteiger partial charge on any atom is 0.341 e. The number of anilines is 1. The lowest BCUT2D eigenvalue weighted by Gasteiger charge is -2.11. The molecule has 2 aromatic rings. The van der Waals surface area contributed by atoms with Gasteiger partial charge in [-0.3, -0.25) is 4.79 Å². The van der Waals surface area contributed by atoms with Gasteiger partial charge in [0.1, 0.15) is 5.00 Å². The van der Waals surface area contributed by atoms with Crippen LogP contribution in [0.2, 0.25) is 0 Å². The lowest BCUT2D eigenvalue weighted by atomic mass is 9.95. The summed E-state index contributed by atoms with van der Waals surface area (Å²) in [5.41, 5.74) is 3.80. The number of aryl methyl sites for hydroxylation is 1. The topological polar surface area (TPSA) is 55.4 Å². The molecule has 1 aliphatic carbocycles. The molecule has 1 aromatic carbocycles. The summed E-state index contributed by atoms with van der Waals surface area (Å²) < 4.78 is 4.94. The molecule has 0 aliphatic heterocycles. The van der Waals surface area contributed by atoms with Gasteiger partial charge in [0.15, 0.2) is 0 Å². The van der Waals surface area contributed by atoms with Gasteiger partial charge in [-0.15, -0.1) is 11.3 Å². The van der Waals surface area contributed by atoms with Crippen LogP contribution in [0.25, 0.3) is 6.08 Å². The number of thiophene rings is 1. The average Bonchev–Trinajstić information content (AvgIpc) is 3.03. The Morgan fingerprint density at radius 3 is 2.52 bits per heavy atom. The molecular weight excluding hydrogens is 358 g/mol. The first kappa shape index (κ1) is 19.4. The van der Waals surface area contributed by atoms with Crippen LogP contribution in [-0.2, 0) is 22.4 Å². The quantitative estimate of drug-likeness (QED) is 0.571. The van der Waals surface area contributed by atoms with E-state index in [0.717, 1.165) is 36.8 Å². The summed E-state index contributed by atoms with van der Waals surface area (Å²) >= 11 is 1.49. The number of carbonyl (C=O) groups excluding carboxylic acids is 2. The molecule has 0 fully saturated rings. The predicted octanol–water partition coefficient (Wildman–Crippen LogP) is 5.19. The number of benzene rings is 1. The molecule has 1 heterocycles. The van der Waals surface area contributed by atoms with Crippen molar-refractivity contribution < 1.29 is 14.3 Å². The first-order chi connectivity index (χ1) is 13.0. The molecule has 3 rings (SSSR count). The zero-order chi connectivity index (χ0) is 19.4. The smallest absolute Gasteiger partial charge is 0.341 e. The molecule has 27 heavy (non-hydrogen) atoms. The van der Waals surface area contributed by atoms with Gasteiger partial charge in [0.05, 0.1) is 12.7 Å². The summed E-state index contributed by atoms with van der Waals surface area (Å²) in [6.45, 7) is 4.30. The second-order valence-corrected chi connectivity index (χ2v) is 8.16. The zero-order valence-electron chi connectivity index (χ0n) is 16.0. The van der Waals surface area contributed by atoms with Crippen LogP contribution in [0, 0.1) is 0 Å². The van der Waals surface area contributed by atoms with Crippen LogP contribution < -0.4 is 5.32 Å². The Bertz CT molecular complexity index is 862. The number of carbonyl (C=O) groups is 2. The molecule has 0 saturated carbocycles. The number of ether oxygens (including phenoxy) is 1. The third kappa shape index (κ3) is 4.48. The third-order valence-electron chi connectivity index (χ3n) is 4.83. The SMILES string of the molecule is COC(=O)c1c(NC(=O)/C=C/c2ccc(C(C)C)cc2)sc2c1CCCC2. The van der Waals surface area contributed by atoms with Gasteiger partial charge in [-0.1, -0.05) is 38.1 Å². The van der Waals surface area contributed by atoms with Crippen LogP contribution in [0.1, 0.15) is 64.5 Å². The van der Waals surface area contributed by atoms with E-state index in [-0.39, 0.29) is 11.9 Å². The first-order valence-electron chi connectivity index (χ1n) is 9.31. The summed E-state index contributed by atoms with van der Waals surface area (Å²) in [6, 6.07) is 8.15. The standard InChI is InChI=1S/C22H25NO3S/c1-14(2)16-11-8-15(9-12-16)10-13-19(24)23-21-20(22(25)26-3)17-6-4-5-7-18(17)27-21/h8-14H,4-7H2,1-3H3,(H,23,24)/b13-10+. The van der Waals surface area contributed by atoms with Crippen molar-refractivity contribution in [1.29, 1.82) is 0 Å². The van der Waals surface area contributed by atoms with E-state index >= 15 is 0 Å². The van der Waals surface area contributed by atoms with Gasteiger partial charge < -0.3 is 10.1 Å². The Kier molecular flexibility index (Phi) is 6.11. The van der Waals surface area contributed by atoms with Crippen molar-refractivity contribution in [3.63, 3.8) is 0 Å². The van der Waals surface area contributed by atoms with E-state index in [2.05, 4.69) is 31.3 Å². The number of hydrogen-bond donors (Lipinski definition) is 1. The molecule has 1 aliphatic rings. The molecule has 1 aromatic heterocycles. The van der Waals surface area contributed by atoms with Crippen LogP contribution in [0.15, 0.2) is 30.3 Å². The number of esters is 1. The van der Waals surface area contributed by atoms with Crippen LogP contribution in [0.3, 0.4) is 0 Å². The zero-order valence-corrected chi connectivity index (χ0v) is 16.8. The van der Waals surface area contributed by atoms with Crippen molar-refractivity contribution in [2.75, 3.05) is 12.4 Å². The lowest BCUT2D eigenvalue weighted by molar-refractivity contribution is -0.111. The fraction of sp³-hybridized carbons (Fsp3) is 0.364. The van der Waals surface area contributed by atoms with E-state index in [4.69, 9.17) is 4.74 Å². The van der Waals surface area contributed by atoms with Crippen LogP contribution in [-0.4, -0.2) is 19.0 Å². The Hall–Kier alpha value is -2.40. The van der Waals surface area contributed by atoms with Gasteiger partial charge in [0, 0.05) is 11.0 Å². The molecule has 142 valence electrons. The van der Waals surface area contributed by atoms with E-state index in [0.29, 0.717) is 16.5 Å². The molecular formula is C22H25NO3S. The molecule has 0 saturated heterocycles. The highest BCUT2D eigenvalue weighted by molar-refractivity contribution is 7.17. The van der Waals surface area contributed by atoms with E-state index in [1.165, 1.54) is 35.0 Å². The molecule has 0 spiro atoms. The number of methoxy groups -OCH3 is 1. The van der Waals surface area contributed by atoms with Gasteiger partial charge in [0.2, 0.25) is 5.91 Å². The van der Waals surface area contributed by atoms with Gasteiger partial charge in [-0.25, -0.2) is 4.79 Å². The number of amides is 1. The van der Waals surface area contributed by atoms with E-state index in [9.17, 15) is 9.59 Å². The molecule has 0 unspecified atom stereocenters. The minimum atomic E-state index is -0.377. The Labute approximate surface area is 164 Å². The van der Waals surface area contributed by atoms with Gasteiger partial charge in [-0.05, 0) is 54.4 Å². The van der Waals surface area contributed by atoms with Crippen LogP contribution >= 0.6 is 11.3 Å². The van der Waals surface area contributed by atoms with Crippen molar-refractivity contribution in [3.05, 3.63) is 57.5 Å². The number of nitrogens with one attached hydrogen (secondary N) is 1.